The lowest BCUT2D eigenvalue weighted by molar-refractivity contribution is 0.410. The van der Waals surface area contributed by atoms with E-state index in [9.17, 15) is 0 Å². The minimum absolute atomic E-state index is 0.523. The third-order valence-electron chi connectivity index (χ3n) is 2.55. The molecule has 2 aromatic carbocycles. The lowest BCUT2D eigenvalue weighted by atomic mass is 10.2. The van der Waals surface area contributed by atoms with Gasteiger partial charge in [-0.15, -0.1) is 0 Å². The molecule has 1 N–H and O–H groups in total. The molecule has 0 aliphatic carbocycles. The summed E-state index contributed by atoms with van der Waals surface area (Å²) in [5.41, 5.74) is 1.97. The second-order valence-corrected chi connectivity index (χ2v) is 4.64. The van der Waals surface area contributed by atoms with Crippen LogP contribution in [0.15, 0.2) is 42.5 Å². The predicted molar refractivity (Wildman–Crippen MR) is 76.8 cm³/mol. The summed E-state index contributed by atoms with van der Waals surface area (Å²) in [6.45, 7) is 0.605. The van der Waals surface area contributed by atoms with Crippen molar-refractivity contribution >= 4 is 28.9 Å². The maximum atomic E-state index is 6.08. The predicted octanol–water partition coefficient (Wildman–Crippen LogP) is 4.61. The van der Waals surface area contributed by atoms with Crippen LogP contribution < -0.4 is 10.1 Å². The van der Waals surface area contributed by atoms with Crippen LogP contribution in [0.4, 0.5) is 5.69 Å². The molecule has 0 unspecified atom stereocenters. The van der Waals surface area contributed by atoms with E-state index < -0.39 is 0 Å². The molecule has 0 bridgehead atoms. The first kappa shape index (κ1) is 13.1. The summed E-state index contributed by atoms with van der Waals surface area (Å²) < 4.78 is 5.29. The van der Waals surface area contributed by atoms with Crippen LogP contribution in [0, 0.1) is 0 Å². The van der Waals surface area contributed by atoms with E-state index >= 15 is 0 Å². The van der Waals surface area contributed by atoms with Crippen LogP contribution in [0.1, 0.15) is 5.56 Å². The van der Waals surface area contributed by atoms with Gasteiger partial charge in [-0.25, -0.2) is 0 Å². The van der Waals surface area contributed by atoms with Crippen molar-refractivity contribution in [3.8, 4) is 5.75 Å². The lowest BCUT2D eigenvalue weighted by Crippen LogP contribution is -2.02. The molecule has 0 saturated heterocycles. The number of halogens is 2. The van der Waals surface area contributed by atoms with E-state index in [-0.39, 0.29) is 0 Å². The van der Waals surface area contributed by atoms with Crippen LogP contribution in [0.5, 0.6) is 5.75 Å². The average Bonchev–Trinajstić information content (AvgIpc) is 2.37. The number of rotatable bonds is 4. The number of hydrogen-bond donors (Lipinski definition) is 1. The zero-order valence-electron chi connectivity index (χ0n) is 9.91. The second-order valence-electron chi connectivity index (χ2n) is 3.80. The Hall–Kier alpha value is -1.38. The molecule has 0 atom stereocenters. The zero-order chi connectivity index (χ0) is 13.0. The van der Waals surface area contributed by atoms with Gasteiger partial charge in [0.15, 0.2) is 0 Å². The summed E-state index contributed by atoms with van der Waals surface area (Å²) in [7, 11) is 1.60. The number of anilines is 1. The Morgan fingerprint density at radius 1 is 1.11 bits per heavy atom. The Labute approximate surface area is 116 Å². The summed E-state index contributed by atoms with van der Waals surface area (Å²) in [5, 5.41) is 4.42. The van der Waals surface area contributed by atoms with Crippen LogP contribution >= 0.6 is 23.2 Å². The molecule has 0 heterocycles. The van der Waals surface area contributed by atoms with Gasteiger partial charge in [0, 0.05) is 22.8 Å². The molecule has 0 spiro atoms. The largest absolute Gasteiger partial charge is 0.495 e. The Kier molecular flexibility index (Phi) is 4.34. The fraction of sp³-hybridized carbons (Fsp3) is 0.143. The van der Waals surface area contributed by atoms with Crippen LogP contribution in [-0.2, 0) is 6.54 Å². The molecule has 0 radical (unpaired) electrons. The van der Waals surface area contributed by atoms with Crippen LogP contribution in [-0.4, -0.2) is 7.11 Å². The molecule has 2 nitrogen and oxygen atoms in total. The molecular formula is C14H13Cl2NO. The van der Waals surface area contributed by atoms with E-state index in [2.05, 4.69) is 5.32 Å². The highest BCUT2D eigenvalue weighted by Gasteiger charge is 2.09. The van der Waals surface area contributed by atoms with E-state index in [0.717, 1.165) is 11.3 Å². The number of para-hydroxylation sites is 1. The molecule has 0 aliphatic heterocycles. The Morgan fingerprint density at radius 2 is 1.83 bits per heavy atom. The van der Waals surface area contributed by atoms with Gasteiger partial charge in [0.1, 0.15) is 5.75 Å². The van der Waals surface area contributed by atoms with Gasteiger partial charge in [-0.2, -0.15) is 0 Å². The van der Waals surface area contributed by atoms with Gasteiger partial charge in [0.2, 0.25) is 0 Å². The van der Waals surface area contributed by atoms with Crippen molar-refractivity contribution in [2.75, 3.05) is 12.4 Å². The highest BCUT2D eigenvalue weighted by atomic mass is 35.5. The van der Waals surface area contributed by atoms with Crippen molar-refractivity contribution in [3.05, 3.63) is 58.1 Å². The van der Waals surface area contributed by atoms with Gasteiger partial charge in [-0.1, -0.05) is 41.4 Å². The number of hydrogen-bond acceptors (Lipinski definition) is 2. The fourth-order valence-corrected chi connectivity index (χ4v) is 2.34. The van der Waals surface area contributed by atoms with E-state index in [1.165, 1.54) is 0 Å². The molecule has 0 aromatic heterocycles. The van der Waals surface area contributed by atoms with Gasteiger partial charge in [0.25, 0.3) is 0 Å². The normalized spacial score (nSPS) is 10.2. The highest BCUT2D eigenvalue weighted by molar-refractivity contribution is 6.35. The Morgan fingerprint density at radius 3 is 2.50 bits per heavy atom. The first-order valence-corrected chi connectivity index (χ1v) is 6.27. The number of nitrogens with one attached hydrogen (secondary N) is 1. The molecule has 0 aliphatic rings. The summed E-state index contributed by atoms with van der Waals surface area (Å²) in [6.07, 6.45) is 0. The molecule has 2 rings (SSSR count). The molecule has 0 saturated carbocycles. The number of methoxy groups -OCH3 is 1. The van der Waals surface area contributed by atoms with Gasteiger partial charge in [-0.3, -0.25) is 0 Å². The summed E-state index contributed by atoms with van der Waals surface area (Å²) in [4.78, 5) is 0. The topological polar surface area (TPSA) is 21.3 Å². The first-order chi connectivity index (χ1) is 8.70. The Bertz CT molecular complexity index is 529. The smallest absolute Gasteiger partial charge is 0.142 e. The number of ether oxygens (including phenoxy) is 1. The molecule has 18 heavy (non-hydrogen) atoms. The van der Waals surface area contributed by atoms with Crippen LogP contribution in [0.2, 0.25) is 10.0 Å². The van der Waals surface area contributed by atoms with E-state index in [1.54, 1.807) is 13.2 Å². The molecular weight excluding hydrogens is 269 g/mol. The monoisotopic (exact) mass is 281 g/mol. The van der Waals surface area contributed by atoms with Crippen molar-refractivity contribution in [2.45, 2.75) is 6.54 Å². The number of benzene rings is 2. The minimum Gasteiger partial charge on any atom is -0.495 e. The molecule has 0 fully saturated rings. The summed E-state index contributed by atoms with van der Waals surface area (Å²) >= 11 is 12.1. The first-order valence-electron chi connectivity index (χ1n) is 5.51. The van der Waals surface area contributed by atoms with Crippen molar-refractivity contribution in [1.29, 1.82) is 0 Å². The average molecular weight is 282 g/mol. The van der Waals surface area contributed by atoms with Gasteiger partial charge in [-0.05, 0) is 24.3 Å². The van der Waals surface area contributed by atoms with Crippen molar-refractivity contribution < 1.29 is 4.74 Å². The Balaban J connectivity index is 2.18. The standard InChI is InChI=1S/C14H13Cl2NO/c1-18-14-10(7-11(15)8-13(14)16)9-17-12-5-3-2-4-6-12/h2-8,17H,9H2,1H3. The van der Waals surface area contributed by atoms with Gasteiger partial charge < -0.3 is 10.1 Å². The molecule has 94 valence electrons. The minimum atomic E-state index is 0.523. The van der Waals surface area contributed by atoms with Crippen molar-refractivity contribution in [1.82, 2.24) is 0 Å². The van der Waals surface area contributed by atoms with E-state index in [4.69, 9.17) is 27.9 Å². The molecule has 4 heteroatoms. The molecule has 0 amide bonds. The molecule has 2 aromatic rings. The van der Waals surface area contributed by atoms with E-state index in [1.807, 2.05) is 36.4 Å². The van der Waals surface area contributed by atoms with Crippen LogP contribution in [0.3, 0.4) is 0 Å². The lowest BCUT2D eigenvalue weighted by Gasteiger charge is -2.12. The van der Waals surface area contributed by atoms with Gasteiger partial charge >= 0.3 is 0 Å². The third-order valence-corrected chi connectivity index (χ3v) is 3.05. The summed E-state index contributed by atoms with van der Waals surface area (Å²) in [6, 6.07) is 13.4. The third kappa shape index (κ3) is 3.09. The van der Waals surface area contributed by atoms with Gasteiger partial charge in [0.05, 0.1) is 12.1 Å². The fourth-order valence-electron chi connectivity index (χ4n) is 1.73. The van der Waals surface area contributed by atoms with Crippen molar-refractivity contribution in [2.24, 2.45) is 0 Å². The maximum absolute atomic E-state index is 6.08. The maximum Gasteiger partial charge on any atom is 0.142 e. The van der Waals surface area contributed by atoms with E-state index in [0.29, 0.717) is 22.3 Å². The highest BCUT2D eigenvalue weighted by Crippen LogP contribution is 2.32. The zero-order valence-corrected chi connectivity index (χ0v) is 11.4. The summed E-state index contributed by atoms with van der Waals surface area (Å²) in [5.74, 6) is 0.657. The second kappa shape index (κ2) is 5.98. The van der Waals surface area contributed by atoms with Crippen LogP contribution in [0.25, 0.3) is 0 Å². The van der Waals surface area contributed by atoms with Crippen molar-refractivity contribution in [3.63, 3.8) is 0 Å². The quantitative estimate of drug-likeness (QED) is 0.883. The SMILES string of the molecule is COc1c(Cl)cc(Cl)cc1CNc1ccccc1.